The Bertz CT molecular complexity index is 488. The van der Waals surface area contributed by atoms with Crippen LogP contribution >= 0.6 is 39.1 Å². The van der Waals surface area contributed by atoms with Crippen LogP contribution in [-0.2, 0) is 20.2 Å². The largest absolute Gasteiger partial charge is 0.323 e. The average Bonchev–Trinajstić information content (AvgIpc) is 2.46. The van der Waals surface area contributed by atoms with Crippen LogP contribution in [0.15, 0.2) is 16.6 Å². The molecule has 0 amide bonds. The van der Waals surface area contributed by atoms with Crippen molar-refractivity contribution in [2.75, 3.05) is 19.8 Å². The van der Waals surface area contributed by atoms with E-state index in [9.17, 15) is 0 Å². The lowest BCUT2D eigenvalue weighted by Crippen LogP contribution is -2.58. The van der Waals surface area contributed by atoms with Gasteiger partial charge in [0.05, 0.1) is 34.3 Å². The molecule has 0 saturated carbocycles. The van der Waals surface area contributed by atoms with Gasteiger partial charge in [0.1, 0.15) is 0 Å². The Kier molecular flexibility index (Phi) is 4.08. The molecule has 110 valence electrons. The summed E-state index contributed by atoms with van der Waals surface area (Å²) < 4.78 is 18.3. The topological polar surface area (TPSA) is 27.7 Å². The fraction of sp³-hybridized carbons (Fsp3) is 0.571. The van der Waals surface area contributed by atoms with Crippen LogP contribution in [0.4, 0.5) is 0 Å². The van der Waals surface area contributed by atoms with Crippen LogP contribution in [0.5, 0.6) is 0 Å². The van der Waals surface area contributed by atoms with Gasteiger partial charge in [0.2, 0.25) is 0 Å². The first-order valence-electron chi connectivity index (χ1n) is 6.57. The molecule has 0 N–H and O–H groups in total. The molecule has 3 aliphatic heterocycles. The Morgan fingerprint density at radius 1 is 1.10 bits per heavy atom. The smallest absolute Gasteiger partial charge is 0.312 e. The third-order valence-electron chi connectivity index (χ3n) is 3.82. The third-order valence-corrected chi connectivity index (χ3v) is 5.73. The van der Waals surface area contributed by atoms with Gasteiger partial charge in [-0.2, -0.15) is 0 Å². The van der Waals surface area contributed by atoms with E-state index >= 15 is 0 Å². The van der Waals surface area contributed by atoms with Gasteiger partial charge in [0, 0.05) is 11.0 Å². The van der Waals surface area contributed by atoms with Crippen molar-refractivity contribution in [2.45, 2.75) is 25.7 Å². The average molecular weight is 382 g/mol. The highest BCUT2D eigenvalue weighted by Crippen LogP contribution is 2.47. The first kappa shape index (κ1) is 15.1. The molecule has 1 aromatic carbocycles. The number of halogens is 3. The van der Waals surface area contributed by atoms with Crippen molar-refractivity contribution < 1.29 is 14.2 Å². The summed E-state index contributed by atoms with van der Waals surface area (Å²) in [6.45, 7) is 4.05. The molecule has 0 aromatic heterocycles. The van der Waals surface area contributed by atoms with E-state index in [1.807, 2.05) is 0 Å². The van der Waals surface area contributed by atoms with E-state index < -0.39 is 5.97 Å². The molecule has 3 heterocycles. The SMILES string of the molecule is CCCC12COC(c3cc(Cl)c(Br)c(Cl)c3)(OC1)OC2. The minimum absolute atomic E-state index is 0.0144. The molecule has 3 saturated heterocycles. The van der Waals surface area contributed by atoms with Gasteiger partial charge < -0.3 is 14.2 Å². The van der Waals surface area contributed by atoms with E-state index in [1.165, 1.54) is 0 Å². The van der Waals surface area contributed by atoms with Crippen LogP contribution in [0.1, 0.15) is 25.3 Å². The zero-order chi connectivity index (χ0) is 14.4. The van der Waals surface area contributed by atoms with Crippen molar-refractivity contribution in [2.24, 2.45) is 5.41 Å². The molecule has 0 atom stereocenters. The van der Waals surface area contributed by atoms with Gasteiger partial charge in [-0.3, -0.25) is 0 Å². The molecule has 2 bridgehead atoms. The Labute approximate surface area is 136 Å². The summed E-state index contributed by atoms with van der Waals surface area (Å²) >= 11 is 15.6. The second-order valence-corrected chi connectivity index (χ2v) is 7.03. The zero-order valence-corrected chi connectivity index (χ0v) is 14.1. The molecule has 0 radical (unpaired) electrons. The van der Waals surface area contributed by atoms with Crippen molar-refractivity contribution in [1.29, 1.82) is 0 Å². The lowest BCUT2D eigenvalue weighted by molar-refractivity contribution is -0.480. The standard InChI is InChI=1S/C14H15BrCl2O3/c1-2-3-13-6-18-14(19-7-13,20-8-13)9-4-10(16)12(15)11(17)5-9/h4-5H,2-3,6-8H2,1H3. The molecule has 3 nitrogen and oxygen atoms in total. The number of rotatable bonds is 3. The molecule has 3 aliphatic rings. The molecule has 1 aromatic rings. The van der Waals surface area contributed by atoms with Gasteiger partial charge in [-0.15, -0.1) is 0 Å². The Morgan fingerprint density at radius 2 is 1.60 bits per heavy atom. The van der Waals surface area contributed by atoms with E-state index in [-0.39, 0.29) is 5.41 Å². The second kappa shape index (κ2) is 5.41. The minimum atomic E-state index is -1.16. The summed E-state index contributed by atoms with van der Waals surface area (Å²) in [5, 5.41) is 1.02. The van der Waals surface area contributed by atoms with Gasteiger partial charge in [-0.05, 0) is 34.5 Å². The maximum absolute atomic E-state index is 6.15. The number of fused-ring (bicyclic) bond motifs is 3. The molecule has 20 heavy (non-hydrogen) atoms. The monoisotopic (exact) mass is 380 g/mol. The summed E-state index contributed by atoms with van der Waals surface area (Å²) in [5.74, 6) is -1.16. The summed E-state index contributed by atoms with van der Waals surface area (Å²) in [6, 6.07) is 3.52. The van der Waals surface area contributed by atoms with Gasteiger partial charge >= 0.3 is 5.97 Å². The normalized spacial score (nSPS) is 32.6. The van der Waals surface area contributed by atoms with E-state index in [2.05, 4.69) is 22.9 Å². The lowest BCUT2D eigenvalue weighted by atomic mass is 9.84. The Hall–Kier alpha value is 0.160. The van der Waals surface area contributed by atoms with Crippen molar-refractivity contribution in [3.8, 4) is 0 Å². The molecule has 0 unspecified atom stereocenters. The van der Waals surface area contributed by atoms with Crippen LogP contribution in [-0.4, -0.2) is 19.8 Å². The molecular weight excluding hydrogens is 367 g/mol. The van der Waals surface area contributed by atoms with Crippen LogP contribution < -0.4 is 0 Å². The van der Waals surface area contributed by atoms with Crippen LogP contribution in [0.2, 0.25) is 10.0 Å². The maximum atomic E-state index is 6.15. The summed E-state index contributed by atoms with van der Waals surface area (Å²) in [6.07, 6.45) is 2.12. The van der Waals surface area contributed by atoms with Gasteiger partial charge in [0.25, 0.3) is 0 Å². The lowest BCUT2D eigenvalue weighted by Gasteiger charge is -2.52. The number of hydrogen-bond donors (Lipinski definition) is 0. The quantitative estimate of drug-likeness (QED) is 0.708. The van der Waals surface area contributed by atoms with Gasteiger partial charge in [-0.1, -0.05) is 36.5 Å². The number of hydrogen-bond acceptors (Lipinski definition) is 3. The van der Waals surface area contributed by atoms with E-state index in [0.29, 0.717) is 39.9 Å². The fourth-order valence-electron chi connectivity index (χ4n) is 2.72. The third kappa shape index (κ3) is 2.40. The fourth-order valence-corrected chi connectivity index (χ4v) is 3.44. The van der Waals surface area contributed by atoms with Crippen LogP contribution in [0.25, 0.3) is 0 Å². The second-order valence-electron chi connectivity index (χ2n) is 5.43. The van der Waals surface area contributed by atoms with Crippen molar-refractivity contribution >= 4 is 39.1 Å². The first-order chi connectivity index (χ1) is 9.50. The number of ether oxygens (including phenoxy) is 3. The number of benzene rings is 1. The highest BCUT2D eigenvalue weighted by molar-refractivity contribution is 9.10. The van der Waals surface area contributed by atoms with E-state index in [1.54, 1.807) is 12.1 Å². The van der Waals surface area contributed by atoms with Gasteiger partial charge in [-0.25, -0.2) is 0 Å². The molecule has 0 aliphatic carbocycles. The highest BCUT2D eigenvalue weighted by Gasteiger charge is 2.53. The first-order valence-corrected chi connectivity index (χ1v) is 8.12. The molecule has 4 rings (SSSR count). The summed E-state index contributed by atoms with van der Waals surface area (Å²) in [4.78, 5) is 0. The maximum Gasteiger partial charge on any atom is 0.312 e. The summed E-state index contributed by atoms with van der Waals surface area (Å²) in [7, 11) is 0. The van der Waals surface area contributed by atoms with Crippen molar-refractivity contribution in [3.63, 3.8) is 0 Å². The minimum Gasteiger partial charge on any atom is -0.323 e. The van der Waals surface area contributed by atoms with Crippen LogP contribution in [0.3, 0.4) is 0 Å². The van der Waals surface area contributed by atoms with Crippen molar-refractivity contribution in [3.05, 3.63) is 32.2 Å². The Morgan fingerprint density at radius 3 is 2.05 bits per heavy atom. The summed E-state index contributed by atoms with van der Waals surface area (Å²) in [5.41, 5.74) is 0.680. The molecular formula is C14H15BrCl2O3. The van der Waals surface area contributed by atoms with Crippen molar-refractivity contribution in [1.82, 2.24) is 0 Å². The van der Waals surface area contributed by atoms with Crippen LogP contribution in [0, 0.1) is 5.41 Å². The predicted octanol–water partition coefficient (Wildman–Crippen LogP) is 4.73. The predicted molar refractivity (Wildman–Crippen MR) is 81.0 cm³/mol. The molecule has 6 heteroatoms. The zero-order valence-electron chi connectivity index (χ0n) is 11.0. The van der Waals surface area contributed by atoms with E-state index in [4.69, 9.17) is 37.4 Å². The highest BCUT2D eigenvalue weighted by atomic mass is 79.9. The van der Waals surface area contributed by atoms with Gasteiger partial charge in [0.15, 0.2) is 0 Å². The molecule has 3 fully saturated rings. The Balaban J connectivity index is 1.90. The molecule has 0 spiro atoms. The van der Waals surface area contributed by atoms with E-state index in [0.717, 1.165) is 12.8 Å².